The van der Waals surface area contributed by atoms with Gasteiger partial charge in [-0.25, -0.2) is 0 Å². The Kier molecular flexibility index (Phi) is 2.61. The number of carbonyl (C=O) groups excluding carboxylic acids is 2. The summed E-state index contributed by atoms with van der Waals surface area (Å²) in [5, 5.41) is 0. The lowest BCUT2D eigenvalue weighted by molar-refractivity contribution is -0.118. The molecule has 0 aliphatic carbocycles. The molecule has 0 radical (unpaired) electrons. The average molecular weight is 231 g/mol. The zero-order chi connectivity index (χ0) is 12.4. The number of rotatable bonds is 2. The SMILES string of the molecule is NC(=O)C1=C(C(N)=O)Oc2ccccc2N=C1. The number of hydrogen-bond acceptors (Lipinski definition) is 4. The van der Waals surface area contributed by atoms with Crippen molar-refractivity contribution >= 4 is 23.7 Å². The second-order valence-corrected chi connectivity index (χ2v) is 3.30. The number of nitrogens with zero attached hydrogens (tertiary/aromatic N) is 1. The number of para-hydroxylation sites is 2. The largest absolute Gasteiger partial charge is 0.448 e. The summed E-state index contributed by atoms with van der Waals surface area (Å²) in [5.74, 6) is -1.66. The van der Waals surface area contributed by atoms with Crippen molar-refractivity contribution in [2.24, 2.45) is 16.5 Å². The Morgan fingerprint density at radius 2 is 1.82 bits per heavy atom. The zero-order valence-electron chi connectivity index (χ0n) is 8.71. The molecule has 1 aromatic rings. The molecule has 1 aliphatic rings. The Morgan fingerprint density at radius 1 is 1.12 bits per heavy atom. The number of ether oxygens (including phenoxy) is 1. The molecule has 86 valence electrons. The third kappa shape index (κ3) is 2.00. The lowest BCUT2D eigenvalue weighted by atomic mass is 10.2. The zero-order valence-corrected chi connectivity index (χ0v) is 8.71. The lowest BCUT2D eigenvalue weighted by Gasteiger charge is -2.07. The Labute approximate surface area is 96.6 Å². The molecule has 0 saturated heterocycles. The number of benzene rings is 1. The van der Waals surface area contributed by atoms with Gasteiger partial charge in [-0.05, 0) is 12.1 Å². The van der Waals surface area contributed by atoms with Crippen molar-refractivity contribution in [1.29, 1.82) is 0 Å². The van der Waals surface area contributed by atoms with E-state index in [4.69, 9.17) is 16.2 Å². The van der Waals surface area contributed by atoms with Crippen molar-refractivity contribution in [2.75, 3.05) is 0 Å². The van der Waals surface area contributed by atoms with E-state index >= 15 is 0 Å². The minimum atomic E-state index is -0.873. The van der Waals surface area contributed by atoms with Crippen LogP contribution in [0.3, 0.4) is 0 Å². The summed E-state index contributed by atoms with van der Waals surface area (Å²) in [5.41, 5.74) is 10.6. The van der Waals surface area contributed by atoms with Crippen LogP contribution in [0.5, 0.6) is 5.75 Å². The Balaban J connectivity index is 2.58. The smallest absolute Gasteiger partial charge is 0.285 e. The molecule has 0 unspecified atom stereocenters. The summed E-state index contributed by atoms with van der Waals surface area (Å²) in [4.78, 5) is 26.4. The van der Waals surface area contributed by atoms with Crippen molar-refractivity contribution in [2.45, 2.75) is 0 Å². The summed E-state index contributed by atoms with van der Waals surface area (Å²) in [6.07, 6.45) is 1.17. The molecule has 1 aromatic carbocycles. The molecule has 1 aliphatic heterocycles. The number of carbonyl (C=O) groups is 2. The van der Waals surface area contributed by atoms with Gasteiger partial charge in [-0.15, -0.1) is 0 Å². The first-order valence-electron chi connectivity index (χ1n) is 4.74. The van der Waals surface area contributed by atoms with Gasteiger partial charge in [0, 0.05) is 6.21 Å². The van der Waals surface area contributed by atoms with Crippen molar-refractivity contribution in [3.8, 4) is 5.75 Å². The first-order valence-corrected chi connectivity index (χ1v) is 4.74. The molecule has 0 saturated carbocycles. The van der Waals surface area contributed by atoms with E-state index in [1.165, 1.54) is 6.21 Å². The van der Waals surface area contributed by atoms with E-state index in [2.05, 4.69) is 4.99 Å². The van der Waals surface area contributed by atoms with E-state index in [1.807, 2.05) is 0 Å². The van der Waals surface area contributed by atoms with E-state index in [0.29, 0.717) is 11.4 Å². The third-order valence-electron chi connectivity index (χ3n) is 2.14. The Bertz CT molecular complexity index is 561. The van der Waals surface area contributed by atoms with Crippen molar-refractivity contribution in [1.82, 2.24) is 0 Å². The van der Waals surface area contributed by atoms with E-state index in [0.717, 1.165) is 0 Å². The molecule has 2 amide bonds. The summed E-state index contributed by atoms with van der Waals surface area (Å²) >= 11 is 0. The van der Waals surface area contributed by atoms with Crippen LogP contribution >= 0.6 is 0 Å². The first-order chi connectivity index (χ1) is 8.09. The molecule has 0 fully saturated rings. The van der Waals surface area contributed by atoms with Crippen LogP contribution in [0, 0.1) is 0 Å². The van der Waals surface area contributed by atoms with Gasteiger partial charge in [0.2, 0.25) is 5.76 Å². The van der Waals surface area contributed by atoms with Gasteiger partial charge in [0.15, 0.2) is 5.75 Å². The second kappa shape index (κ2) is 4.09. The van der Waals surface area contributed by atoms with E-state index in [1.54, 1.807) is 24.3 Å². The van der Waals surface area contributed by atoms with Gasteiger partial charge in [0.25, 0.3) is 11.8 Å². The normalized spacial score (nSPS) is 13.6. The van der Waals surface area contributed by atoms with Gasteiger partial charge in [0.05, 0.1) is 0 Å². The maximum absolute atomic E-state index is 11.2. The van der Waals surface area contributed by atoms with E-state index in [9.17, 15) is 9.59 Å². The third-order valence-corrected chi connectivity index (χ3v) is 2.14. The maximum Gasteiger partial charge on any atom is 0.285 e. The van der Waals surface area contributed by atoms with Gasteiger partial charge < -0.3 is 16.2 Å². The van der Waals surface area contributed by atoms with E-state index in [-0.39, 0.29) is 11.3 Å². The fourth-order valence-corrected chi connectivity index (χ4v) is 1.37. The van der Waals surface area contributed by atoms with Crippen molar-refractivity contribution in [3.05, 3.63) is 35.6 Å². The minimum Gasteiger partial charge on any atom is -0.448 e. The first kappa shape index (κ1) is 10.9. The number of amides is 2. The molecule has 6 heteroatoms. The molecular weight excluding hydrogens is 222 g/mol. The molecular formula is C11H9N3O3. The quantitative estimate of drug-likeness (QED) is 0.748. The van der Waals surface area contributed by atoms with Crippen molar-refractivity contribution in [3.63, 3.8) is 0 Å². The maximum atomic E-state index is 11.2. The van der Waals surface area contributed by atoms with E-state index < -0.39 is 11.8 Å². The molecule has 17 heavy (non-hydrogen) atoms. The summed E-state index contributed by atoms with van der Waals surface area (Å²) < 4.78 is 5.27. The highest BCUT2D eigenvalue weighted by molar-refractivity contribution is 6.17. The molecule has 4 N–H and O–H groups in total. The van der Waals surface area contributed by atoms with Gasteiger partial charge >= 0.3 is 0 Å². The van der Waals surface area contributed by atoms with Crippen LogP contribution < -0.4 is 16.2 Å². The summed E-state index contributed by atoms with van der Waals surface area (Å²) in [6.45, 7) is 0. The highest BCUT2D eigenvalue weighted by Crippen LogP contribution is 2.30. The predicted molar refractivity (Wildman–Crippen MR) is 60.6 cm³/mol. The molecule has 1 heterocycles. The fourth-order valence-electron chi connectivity index (χ4n) is 1.37. The van der Waals surface area contributed by atoms with Crippen LogP contribution in [-0.4, -0.2) is 18.0 Å². The van der Waals surface area contributed by atoms with Crippen LogP contribution in [0.1, 0.15) is 0 Å². The van der Waals surface area contributed by atoms with Crippen LogP contribution in [0.2, 0.25) is 0 Å². The van der Waals surface area contributed by atoms with Gasteiger partial charge in [-0.1, -0.05) is 12.1 Å². The molecule has 6 nitrogen and oxygen atoms in total. The number of primary amides is 2. The molecule has 0 spiro atoms. The molecule has 2 rings (SSSR count). The van der Waals surface area contributed by atoms with Crippen LogP contribution in [0.25, 0.3) is 0 Å². The lowest BCUT2D eigenvalue weighted by Crippen LogP contribution is -2.26. The highest BCUT2D eigenvalue weighted by atomic mass is 16.5. The number of hydrogen-bond donors (Lipinski definition) is 2. The Morgan fingerprint density at radius 3 is 2.47 bits per heavy atom. The van der Waals surface area contributed by atoms with Crippen LogP contribution in [-0.2, 0) is 9.59 Å². The van der Waals surface area contributed by atoms with Gasteiger partial charge in [-0.3, -0.25) is 14.6 Å². The molecule has 0 atom stereocenters. The molecule has 0 aromatic heterocycles. The predicted octanol–water partition coefficient (Wildman–Crippen LogP) is 0.00600. The second-order valence-electron chi connectivity index (χ2n) is 3.30. The van der Waals surface area contributed by atoms with Gasteiger partial charge in [-0.2, -0.15) is 0 Å². The summed E-state index contributed by atoms with van der Waals surface area (Å²) in [6, 6.07) is 6.74. The average Bonchev–Trinajstić information content (AvgIpc) is 2.47. The monoisotopic (exact) mass is 231 g/mol. The Hall–Kier alpha value is -2.63. The summed E-state index contributed by atoms with van der Waals surface area (Å²) in [7, 11) is 0. The fraction of sp³-hybridized carbons (Fsp3) is 0. The van der Waals surface area contributed by atoms with Crippen LogP contribution in [0.4, 0.5) is 5.69 Å². The van der Waals surface area contributed by atoms with Crippen LogP contribution in [0.15, 0.2) is 40.6 Å². The van der Waals surface area contributed by atoms with Crippen molar-refractivity contribution < 1.29 is 14.3 Å². The number of aliphatic imine (C=N–C) groups is 1. The number of nitrogens with two attached hydrogens (primary N) is 2. The molecule has 0 bridgehead atoms. The topological polar surface area (TPSA) is 108 Å². The minimum absolute atomic E-state index is 0.145. The van der Waals surface area contributed by atoms with Gasteiger partial charge in [0.1, 0.15) is 11.3 Å². The highest BCUT2D eigenvalue weighted by Gasteiger charge is 2.21. The number of fused-ring (bicyclic) bond motifs is 1. The standard InChI is InChI=1S/C11H9N3O3/c12-10(15)6-5-14-7-3-1-2-4-8(7)17-9(6)11(13)16/h1-5H,(H2,12,15)(H2,13,16).